The molecule has 0 saturated heterocycles. The smallest absolute Gasteiger partial charge is 0.264 e. The van der Waals surface area contributed by atoms with Gasteiger partial charge in [0.15, 0.2) is 11.6 Å². The first-order valence-electron chi connectivity index (χ1n) is 8.20. The maximum Gasteiger partial charge on any atom is 0.264 e. The first-order valence-corrected chi connectivity index (χ1v) is 9.64. The molecule has 0 amide bonds. The Morgan fingerprint density at radius 3 is 2.37 bits per heavy atom. The van der Waals surface area contributed by atoms with Crippen molar-refractivity contribution in [3.05, 3.63) is 90.0 Å². The number of hydrogen-bond donors (Lipinski definition) is 1. The second kappa shape index (κ2) is 7.75. The fraction of sp³-hybridized carbons (Fsp3) is 0.100. The van der Waals surface area contributed by atoms with Crippen molar-refractivity contribution in [3.8, 4) is 0 Å². The summed E-state index contributed by atoms with van der Waals surface area (Å²) < 4.78 is 53.9. The van der Waals surface area contributed by atoms with Gasteiger partial charge in [-0.05, 0) is 36.4 Å². The first kappa shape index (κ1) is 18.8. The highest BCUT2D eigenvalue weighted by Crippen LogP contribution is 2.24. The minimum Gasteiger partial charge on any atom is -0.381 e. The minimum atomic E-state index is -3.75. The molecule has 140 valence electrons. The number of rotatable bonds is 6. The molecular weight excluding hydrogens is 370 g/mol. The third-order valence-electron chi connectivity index (χ3n) is 4.13. The van der Waals surface area contributed by atoms with Gasteiger partial charge in [0.05, 0.1) is 10.6 Å². The Labute approximate surface area is 157 Å². The standard InChI is InChI=1S/C20H18F2N2O2S/c1-24(17-9-3-2-4-10-17)27(25,26)18-11-6-8-16(13-18)23-14-15-7-5-12-19(21)20(15)22/h2-13,23H,14H2,1H3. The van der Waals surface area contributed by atoms with Gasteiger partial charge in [-0.15, -0.1) is 0 Å². The molecule has 0 saturated carbocycles. The van der Waals surface area contributed by atoms with Crippen LogP contribution in [0.4, 0.5) is 20.2 Å². The molecule has 0 fully saturated rings. The van der Waals surface area contributed by atoms with Crippen LogP contribution in [0.5, 0.6) is 0 Å². The van der Waals surface area contributed by atoms with Crippen LogP contribution in [-0.2, 0) is 16.6 Å². The average Bonchev–Trinajstić information content (AvgIpc) is 2.69. The normalized spacial score (nSPS) is 11.2. The molecule has 3 rings (SSSR count). The van der Waals surface area contributed by atoms with E-state index in [9.17, 15) is 17.2 Å². The van der Waals surface area contributed by atoms with E-state index in [0.29, 0.717) is 11.4 Å². The molecule has 0 atom stereocenters. The highest BCUT2D eigenvalue weighted by Gasteiger charge is 2.21. The van der Waals surface area contributed by atoms with Gasteiger partial charge < -0.3 is 5.32 Å². The molecule has 0 spiro atoms. The number of para-hydroxylation sites is 1. The molecule has 27 heavy (non-hydrogen) atoms. The van der Waals surface area contributed by atoms with Crippen LogP contribution in [0.25, 0.3) is 0 Å². The van der Waals surface area contributed by atoms with Crippen molar-refractivity contribution < 1.29 is 17.2 Å². The van der Waals surface area contributed by atoms with E-state index in [1.54, 1.807) is 42.5 Å². The van der Waals surface area contributed by atoms with Crippen LogP contribution >= 0.6 is 0 Å². The highest BCUT2D eigenvalue weighted by atomic mass is 32.2. The van der Waals surface area contributed by atoms with Crippen LogP contribution < -0.4 is 9.62 Å². The summed E-state index contributed by atoms with van der Waals surface area (Å²) in [6.45, 7) is 0.0294. The molecule has 4 nitrogen and oxygen atoms in total. The average molecular weight is 388 g/mol. The fourth-order valence-corrected chi connectivity index (χ4v) is 3.83. The second-order valence-electron chi connectivity index (χ2n) is 5.90. The molecule has 0 aliphatic rings. The number of hydrogen-bond acceptors (Lipinski definition) is 3. The molecule has 3 aromatic carbocycles. The Balaban J connectivity index is 1.81. The van der Waals surface area contributed by atoms with Crippen LogP contribution in [-0.4, -0.2) is 15.5 Å². The third kappa shape index (κ3) is 4.09. The van der Waals surface area contributed by atoms with Crippen molar-refractivity contribution in [2.24, 2.45) is 0 Å². The monoisotopic (exact) mass is 388 g/mol. The van der Waals surface area contributed by atoms with Gasteiger partial charge in [-0.1, -0.05) is 36.4 Å². The molecular formula is C20H18F2N2O2S. The molecule has 0 bridgehead atoms. The summed E-state index contributed by atoms with van der Waals surface area (Å²) in [4.78, 5) is 0.0959. The van der Waals surface area contributed by atoms with Gasteiger partial charge in [-0.25, -0.2) is 17.2 Å². The summed E-state index contributed by atoms with van der Waals surface area (Å²) in [5.74, 6) is -1.84. The van der Waals surface area contributed by atoms with E-state index < -0.39 is 21.7 Å². The van der Waals surface area contributed by atoms with Crippen LogP contribution in [0.3, 0.4) is 0 Å². The second-order valence-corrected chi connectivity index (χ2v) is 7.87. The summed E-state index contributed by atoms with van der Waals surface area (Å²) in [7, 11) is -2.27. The van der Waals surface area contributed by atoms with Crippen LogP contribution in [0.15, 0.2) is 77.7 Å². The van der Waals surface area contributed by atoms with Gasteiger partial charge in [0.1, 0.15) is 0 Å². The lowest BCUT2D eigenvalue weighted by Gasteiger charge is -2.20. The Morgan fingerprint density at radius 2 is 1.63 bits per heavy atom. The summed E-state index contributed by atoms with van der Waals surface area (Å²) in [6, 6.07) is 18.9. The number of nitrogens with one attached hydrogen (secondary N) is 1. The van der Waals surface area contributed by atoms with Crippen LogP contribution in [0.2, 0.25) is 0 Å². The van der Waals surface area contributed by atoms with Gasteiger partial charge in [0.2, 0.25) is 0 Å². The van der Waals surface area contributed by atoms with Gasteiger partial charge in [-0.2, -0.15) is 0 Å². The highest BCUT2D eigenvalue weighted by molar-refractivity contribution is 7.92. The van der Waals surface area contributed by atoms with E-state index in [-0.39, 0.29) is 17.0 Å². The van der Waals surface area contributed by atoms with Crippen molar-refractivity contribution in [2.75, 3.05) is 16.7 Å². The van der Waals surface area contributed by atoms with Crippen LogP contribution in [0, 0.1) is 11.6 Å². The summed E-state index contributed by atoms with van der Waals surface area (Å²) in [6.07, 6.45) is 0. The van der Waals surface area contributed by atoms with Gasteiger partial charge >= 0.3 is 0 Å². The summed E-state index contributed by atoms with van der Waals surface area (Å²) in [5, 5.41) is 2.93. The zero-order valence-electron chi connectivity index (χ0n) is 14.6. The molecule has 0 heterocycles. The number of nitrogens with zero attached hydrogens (tertiary/aromatic N) is 1. The van der Waals surface area contributed by atoms with Crippen molar-refractivity contribution in [1.29, 1.82) is 0 Å². The van der Waals surface area contributed by atoms with Gasteiger partial charge in [0.25, 0.3) is 10.0 Å². The van der Waals surface area contributed by atoms with E-state index in [1.807, 2.05) is 0 Å². The Morgan fingerprint density at radius 1 is 0.926 bits per heavy atom. The third-order valence-corrected chi connectivity index (χ3v) is 5.91. The van der Waals surface area contributed by atoms with E-state index in [0.717, 1.165) is 6.07 Å². The number of sulfonamides is 1. The van der Waals surface area contributed by atoms with E-state index in [1.165, 1.54) is 35.6 Å². The molecule has 0 unspecified atom stereocenters. The zero-order chi connectivity index (χ0) is 19.4. The maximum atomic E-state index is 13.7. The predicted octanol–water partition coefficient (Wildman–Crippen LogP) is 4.40. The minimum absolute atomic E-state index is 0.0294. The lowest BCUT2D eigenvalue weighted by atomic mass is 10.2. The molecule has 0 aliphatic carbocycles. The maximum absolute atomic E-state index is 13.7. The van der Waals surface area contributed by atoms with E-state index >= 15 is 0 Å². The molecule has 0 aromatic heterocycles. The Bertz CT molecular complexity index is 1040. The first-order chi connectivity index (χ1) is 12.9. The van der Waals surface area contributed by atoms with E-state index in [2.05, 4.69) is 5.32 Å². The number of halogens is 2. The predicted molar refractivity (Wildman–Crippen MR) is 102 cm³/mol. The summed E-state index contributed by atoms with van der Waals surface area (Å²) >= 11 is 0. The Hall–Kier alpha value is -2.93. The number of benzene rings is 3. The number of anilines is 2. The molecule has 0 radical (unpaired) electrons. The van der Waals surface area contributed by atoms with Crippen LogP contribution in [0.1, 0.15) is 5.56 Å². The molecule has 3 aromatic rings. The fourth-order valence-electron chi connectivity index (χ4n) is 2.58. The van der Waals surface area contributed by atoms with Gasteiger partial charge in [0, 0.05) is 24.8 Å². The molecule has 7 heteroatoms. The summed E-state index contributed by atoms with van der Waals surface area (Å²) in [5.41, 5.74) is 1.18. The molecule has 0 aliphatic heterocycles. The van der Waals surface area contributed by atoms with Crippen molar-refractivity contribution in [3.63, 3.8) is 0 Å². The van der Waals surface area contributed by atoms with Crippen molar-refractivity contribution >= 4 is 21.4 Å². The molecule has 1 N–H and O–H groups in total. The lowest BCUT2D eigenvalue weighted by molar-refractivity contribution is 0.500. The Kier molecular flexibility index (Phi) is 5.41. The topological polar surface area (TPSA) is 49.4 Å². The largest absolute Gasteiger partial charge is 0.381 e. The van der Waals surface area contributed by atoms with Crippen molar-refractivity contribution in [1.82, 2.24) is 0 Å². The van der Waals surface area contributed by atoms with E-state index in [4.69, 9.17) is 0 Å². The van der Waals surface area contributed by atoms with Crippen molar-refractivity contribution in [2.45, 2.75) is 11.4 Å². The lowest BCUT2D eigenvalue weighted by Crippen LogP contribution is -2.26. The zero-order valence-corrected chi connectivity index (χ0v) is 15.4. The SMILES string of the molecule is CN(c1ccccc1)S(=O)(=O)c1cccc(NCc2cccc(F)c2F)c1. The van der Waals surface area contributed by atoms with Gasteiger partial charge in [-0.3, -0.25) is 4.31 Å². The quantitative estimate of drug-likeness (QED) is 0.681.